The number of ether oxygens (including phenoxy) is 2. The van der Waals surface area contributed by atoms with Gasteiger partial charge in [0.25, 0.3) is 0 Å². The van der Waals surface area contributed by atoms with Crippen LogP contribution in [-0.4, -0.2) is 55.2 Å². The molecule has 0 amide bonds. The Morgan fingerprint density at radius 2 is 1.83 bits per heavy atom. The summed E-state index contributed by atoms with van der Waals surface area (Å²) in [7, 11) is 2.08. The van der Waals surface area contributed by atoms with Crippen LogP contribution in [0.3, 0.4) is 0 Å². The van der Waals surface area contributed by atoms with Gasteiger partial charge in [0.1, 0.15) is 6.29 Å². The number of rotatable bonds is 8. The fourth-order valence-electron chi connectivity index (χ4n) is 5.93. The zero-order valence-corrected chi connectivity index (χ0v) is 21.7. The molecule has 0 saturated carbocycles. The van der Waals surface area contributed by atoms with Gasteiger partial charge in [0, 0.05) is 37.8 Å². The van der Waals surface area contributed by atoms with Gasteiger partial charge < -0.3 is 19.4 Å². The molecule has 36 heavy (non-hydrogen) atoms. The third-order valence-corrected chi connectivity index (χ3v) is 7.94. The van der Waals surface area contributed by atoms with Crippen molar-refractivity contribution in [2.45, 2.75) is 71.9 Å². The lowest BCUT2D eigenvalue weighted by Crippen LogP contribution is -2.36. The SMILES string of the molecule is Cc1c(-c2c(C)c(CN(C)C3CCOCC3)c(CC=O)c(C)c2CC(=O)O)cc(F)c2c1CCCO2. The van der Waals surface area contributed by atoms with Crippen LogP contribution in [0.4, 0.5) is 4.39 Å². The molecule has 194 valence electrons. The van der Waals surface area contributed by atoms with Crippen LogP contribution < -0.4 is 4.74 Å². The van der Waals surface area contributed by atoms with E-state index in [-0.39, 0.29) is 12.8 Å². The van der Waals surface area contributed by atoms with Crippen molar-refractivity contribution < 1.29 is 28.6 Å². The molecule has 2 aliphatic heterocycles. The smallest absolute Gasteiger partial charge is 0.307 e. The lowest BCUT2D eigenvalue weighted by Gasteiger charge is -2.33. The van der Waals surface area contributed by atoms with E-state index in [1.165, 1.54) is 6.07 Å². The van der Waals surface area contributed by atoms with Gasteiger partial charge in [-0.15, -0.1) is 0 Å². The quantitative estimate of drug-likeness (QED) is 0.532. The molecule has 2 heterocycles. The first-order valence-electron chi connectivity index (χ1n) is 12.8. The van der Waals surface area contributed by atoms with Crippen LogP contribution in [0, 0.1) is 26.6 Å². The molecule has 1 saturated heterocycles. The Balaban J connectivity index is 1.94. The molecule has 7 heteroatoms. The second kappa shape index (κ2) is 11.1. The minimum Gasteiger partial charge on any atom is -0.490 e. The number of aldehydes is 1. The Labute approximate surface area is 212 Å². The second-order valence-corrected chi connectivity index (χ2v) is 10.1. The van der Waals surface area contributed by atoms with Crippen molar-refractivity contribution in [1.29, 1.82) is 0 Å². The fraction of sp³-hybridized carbons (Fsp3) is 0.517. The number of carbonyl (C=O) groups excluding carboxylic acids is 1. The lowest BCUT2D eigenvalue weighted by atomic mass is 9.80. The molecule has 0 aromatic heterocycles. The summed E-state index contributed by atoms with van der Waals surface area (Å²) in [5, 5.41) is 9.79. The normalized spacial score (nSPS) is 16.1. The predicted octanol–water partition coefficient (Wildman–Crippen LogP) is 4.72. The molecule has 6 nitrogen and oxygen atoms in total. The number of aliphatic carboxylic acids is 1. The first-order chi connectivity index (χ1) is 17.2. The molecular formula is C29H36FNO5. The first kappa shape index (κ1) is 26.3. The van der Waals surface area contributed by atoms with Gasteiger partial charge in [-0.1, -0.05) is 0 Å². The van der Waals surface area contributed by atoms with E-state index >= 15 is 4.39 Å². The van der Waals surface area contributed by atoms with E-state index in [9.17, 15) is 14.7 Å². The van der Waals surface area contributed by atoms with Gasteiger partial charge in [-0.2, -0.15) is 0 Å². The Hall–Kier alpha value is -2.77. The highest BCUT2D eigenvalue weighted by molar-refractivity contribution is 5.84. The summed E-state index contributed by atoms with van der Waals surface area (Å²) >= 11 is 0. The van der Waals surface area contributed by atoms with Crippen molar-refractivity contribution in [3.8, 4) is 16.9 Å². The average Bonchev–Trinajstić information content (AvgIpc) is 2.87. The molecule has 0 bridgehead atoms. The Bertz CT molecular complexity index is 1170. The molecule has 0 unspecified atom stereocenters. The summed E-state index contributed by atoms with van der Waals surface area (Å²) in [5.41, 5.74) is 7.51. The van der Waals surface area contributed by atoms with Crippen molar-refractivity contribution in [2.24, 2.45) is 0 Å². The molecule has 0 radical (unpaired) electrons. The van der Waals surface area contributed by atoms with Crippen LogP contribution in [0.25, 0.3) is 11.1 Å². The van der Waals surface area contributed by atoms with Gasteiger partial charge >= 0.3 is 5.97 Å². The van der Waals surface area contributed by atoms with E-state index in [0.717, 1.165) is 84.1 Å². The van der Waals surface area contributed by atoms with Crippen LogP contribution >= 0.6 is 0 Å². The highest BCUT2D eigenvalue weighted by Gasteiger charge is 2.28. The van der Waals surface area contributed by atoms with Crippen LogP contribution in [0.5, 0.6) is 5.75 Å². The number of hydrogen-bond donors (Lipinski definition) is 1. The molecule has 0 atom stereocenters. The van der Waals surface area contributed by atoms with Crippen LogP contribution in [-0.2, 0) is 40.1 Å². The highest BCUT2D eigenvalue weighted by Crippen LogP contribution is 2.42. The van der Waals surface area contributed by atoms with Gasteiger partial charge in [0.2, 0.25) is 0 Å². The maximum Gasteiger partial charge on any atom is 0.307 e. The van der Waals surface area contributed by atoms with E-state index in [4.69, 9.17) is 9.47 Å². The maximum absolute atomic E-state index is 15.3. The molecule has 2 aromatic rings. The fourth-order valence-corrected chi connectivity index (χ4v) is 5.93. The molecule has 1 fully saturated rings. The summed E-state index contributed by atoms with van der Waals surface area (Å²) in [5.74, 6) is -1.06. The standard InChI is InChI=1S/C29H36FNO5/c1-17-21(7-10-32)25(16-31(4)20-8-12-35-13-9-20)19(3)28(24(17)15-27(33)34)23-14-26(30)29-22(18(23)2)6-5-11-36-29/h10,14,20H,5-9,11-13,15-16H2,1-4H3,(H,33,34). The van der Waals surface area contributed by atoms with E-state index < -0.39 is 11.8 Å². The lowest BCUT2D eigenvalue weighted by molar-refractivity contribution is -0.136. The molecule has 2 aromatic carbocycles. The van der Waals surface area contributed by atoms with Crippen molar-refractivity contribution in [1.82, 2.24) is 4.90 Å². The molecule has 0 spiro atoms. The van der Waals surface area contributed by atoms with E-state index in [0.29, 0.717) is 36.1 Å². The summed E-state index contributed by atoms with van der Waals surface area (Å²) in [6.07, 6.45) is 4.32. The minimum absolute atomic E-state index is 0.196. The third kappa shape index (κ3) is 5.04. The van der Waals surface area contributed by atoms with Gasteiger partial charge in [0.15, 0.2) is 11.6 Å². The second-order valence-electron chi connectivity index (χ2n) is 10.1. The number of carbonyl (C=O) groups is 2. The average molecular weight is 498 g/mol. The molecule has 0 aliphatic carbocycles. The number of fused-ring (bicyclic) bond motifs is 1. The first-order valence-corrected chi connectivity index (χ1v) is 12.8. The zero-order valence-electron chi connectivity index (χ0n) is 21.7. The summed E-state index contributed by atoms with van der Waals surface area (Å²) in [6, 6.07) is 1.86. The number of hydrogen-bond acceptors (Lipinski definition) is 5. The van der Waals surface area contributed by atoms with E-state index in [2.05, 4.69) is 11.9 Å². The number of halogens is 1. The Kier molecular flexibility index (Phi) is 8.10. The van der Waals surface area contributed by atoms with E-state index in [1.807, 2.05) is 20.8 Å². The molecular weight excluding hydrogens is 461 g/mol. The highest BCUT2D eigenvalue weighted by atomic mass is 19.1. The van der Waals surface area contributed by atoms with Gasteiger partial charge in [0.05, 0.1) is 13.0 Å². The van der Waals surface area contributed by atoms with Crippen molar-refractivity contribution in [3.63, 3.8) is 0 Å². The Morgan fingerprint density at radius 3 is 2.50 bits per heavy atom. The van der Waals surface area contributed by atoms with Gasteiger partial charge in [-0.05, 0) is 104 Å². The summed E-state index contributed by atoms with van der Waals surface area (Å²) < 4.78 is 26.4. The van der Waals surface area contributed by atoms with Crippen molar-refractivity contribution in [2.75, 3.05) is 26.9 Å². The van der Waals surface area contributed by atoms with Gasteiger partial charge in [-0.3, -0.25) is 9.69 Å². The monoisotopic (exact) mass is 497 g/mol. The van der Waals surface area contributed by atoms with Crippen molar-refractivity contribution in [3.05, 3.63) is 50.8 Å². The molecule has 4 rings (SSSR count). The minimum atomic E-state index is -0.956. The largest absolute Gasteiger partial charge is 0.490 e. The van der Waals surface area contributed by atoms with Crippen LogP contribution in [0.1, 0.15) is 58.2 Å². The number of carboxylic acids is 1. The molecule has 2 aliphatic rings. The third-order valence-electron chi connectivity index (χ3n) is 7.94. The number of benzene rings is 2. The maximum atomic E-state index is 15.3. The van der Waals surface area contributed by atoms with Gasteiger partial charge in [-0.25, -0.2) is 4.39 Å². The number of nitrogens with zero attached hydrogens (tertiary/aromatic N) is 1. The molecule has 1 N–H and O–H groups in total. The predicted molar refractivity (Wildman–Crippen MR) is 136 cm³/mol. The summed E-state index contributed by atoms with van der Waals surface area (Å²) in [4.78, 5) is 26.0. The van der Waals surface area contributed by atoms with Crippen LogP contribution in [0.2, 0.25) is 0 Å². The number of carboxylic acid groups (broad SMARTS) is 1. The topological polar surface area (TPSA) is 76.1 Å². The van der Waals surface area contributed by atoms with Crippen molar-refractivity contribution >= 4 is 12.3 Å². The van der Waals surface area contributed by atoms with Crippen LogP contribution in [0.15, 0.2) is 6.07 Å². The van der Waals surface area contributed by atoms with E-state index in [1.54, 1.807) is 0 Å². The summed E-state index contributed by atoms with van der Waals surface area (Å²) in [6.45, 7) is 8.42. The zero-order chi connectivity index (χ0) is 26.0. The Morgan fingerprint density at radius 1 is 1.11 bits per heavy atom.